The van der Waals surface area contributed by atoms with Crippen molar-refractivity contribution in [3.63, 3.8) is 0 Å². The number of amides is 1. The van der Waals surface area contributed by atoms with Crippen LogP contribution in [0.5, 0.6) is 6.01 Å². The van der Waals surface area contributed by atoms with Gasteiger partial charge in [-0.05, 0) is 37.1 Å². The van der Waals surface area contributed by atoms with E-state index in [1.54, 1.807) is 12.1 Å². The second kappa shape index (κ2) is 14.2. The Balaban J connectivity index is 1.26. The first kappa shape index (κ1) is 33.1. The zero-order chi connectivity index (χ0) is 34.1. The van der Waals surface area contributed by atoms with Crippen LogP contribution in [0.3, 0.4) is 0 Å². The number of pyridine rings is 1. The van der Waals surface area contributed by atoms with Crippen molar-refractivity contribution in [2.45, 2.75) is 50.3 Å². The maximum absolute atomic E-state index is 16.8. The third-order valence-electron chi connectivity index (χ3n) is 9.81. The van der Waals surface area contributed by atoms with E-state index >= 15 is 4.39 Å². The van der Waals surface area contributed by atoms with Gasteiger partial charge in [0.05, 0.1) is 23.9 Å². The van der Waals surface area contributed by atoms with Crippen molar-refractivity contribution in [3.05, 3.63) is 65.8 Å². The number of hydrogen-bond acceptors (Lipinski definition) is 9. The number of nitriles is 1. The van der Waals surface area contributed by atoms with Gasteiger partial charge in [0.25, 0.3) is 5.91 Å². The predicted molar refractivity (Wildman–Crippen MR) is 182 cm³/mol. The standard InChI is InChI=1S/C36H36ClF2N7O3/c1-22(38)35(47)46-17-16-45(21-25(46)8-13-40)34-28-20-41-32(27-6-2-4-23-5-3-7-29(37)30(23)27)31(39)33(28)42-36(43-34)49-26-9-14-44(15-10-26)24-11-18-48-19-12-24/h2-7,20,24-26H,1,8-12,14-19,21H2/t25-/m0/s1. The lowest BCUT2D eigenvalue weighted by atomic mass is 10.0. The van der Waals surface area contributed by atoms with Gasteiger partial charge in [-0.1, -0.05) is 48.5 Å². The molecule has 13 heteroatoms. The summed E-state index contributed by atoms with van der Waals surface area (Å²) in [5.74, 6) is -2.23. The van der Waals surface area contributed by atoms with Gasteiger partial charge < -0.3 is 19.3 Å². The zero-order valence-electron chi connectivity index (χ0n) is 27.0. The lowest BCUT2D eigenvalue weighted by Gasteiger charge is -2.41. The Kier molecular flexibility index (Phi) is 9.58. The molecule has 1 amide bonds. The first-order valence-electron chi connectivity index (χ1n) is 16.6. The Morgan fingerprint density at radius 3 is 2.57 bits per heavy atom. The number of hydrogen-bond donors (Lipinski definition) is 0. The molecular weight excluding hydrogens is 652 g/mol. The molecule has 2 aromatic heterocycles. The van der Waals surface area contributed by atoms with Crippen LogP contribution >= 0.6 is 11.6 Å². The summed E-state index contributed by atoms with van der Waals surface area (Å²) in [6, 6.07) is 13.0. The molecule has 0 aliphatic carbocycles. The van der Waals surface area contributed by atoms with E-state index in [2.05, 4.69) is 27.5 Å². The number of carbonyl (C=O) groups is 1. The summed E-state index contributed by atoms with van der Waals surface area (Å²) in [7, 11) is 0. The minimum atomic E-state index is -1.09. The molecular formula is C36H36ClF2N7O3. The molecule has 5 heterocycles. The van der Waals surface area contributed by atoms with Gasteiger partial charge in [0, 0.05) is 74.1 Å². The molecule has 0 N–H and O–H groups in total. The number of benzene rings is 2. The van der Waals surface area contributed by atoms with Gasteiger partial charge >= 0.3 is 6.01 Å². The van der Waals surface area contributed by atoms with Crippen molar-refractivity contribution in [3.8, 4) is 23.3 Å². The average Bonchev–Trinajstić information content (AvgIpc) is 3.12. The molecule has 0 spiro atoms. The summed E-state index contributed by atoms with van der Waals surface area (Å²) >= 11 is 6.60. The fraction of sp³-hybridized carbons (Fsp3) is 0.417. The molecule has 0 saturated carbocycles. The van der Waals surface area contributed by atoms with E-state index < -0.39 is 23.6 Å². The van der Waals surface area contributed by atoms with Crippen molar-refractivity contribution in [2.75, 3.05) is 50.8 Å². The van der Waals surface area contributed by atoms with E-state index in [1.165, 1.54) is 11.1 Å². The van der Waals surface area contributed by atoms with Crippen LogP contribution in [0.25, 0.3) is 32.9 Å². The predicted octanol–water partition coefficient (Wildman–Crippen LogP) is 6.07. The summed E-state index contributed by atoms with van der Waals surface area (Å²) in [5.41, 5.74) is 0.644. The van der Waals surface area contributed by atoms with E-state index in [1.807, 2.05) is 29.2 Å². The number of likely N-dealkylation sites (tertiary alicyclic amines) is 1. The molecule has 3 fully saturated rings. The van der Waals surface area contributed by atoms with Gasteiger partial charge in [0.1, 0.15) is 23.1 Å². The molecule has 1 atom stereocenters. The second-order valence-corrected chi connectivity index (χ2v) is 13.1. The molecule has 0 unspecified atom stereocenters. The Bertz CT molecular complexity index is 1940. The number of piperazine rings is 1. The SMILES string of the molecule is C=C(F)C(=O)N1CCN(c2nc(OC3CCN(C4CCOCC4)CC3)nc3c(F)c(-c4cccc5cccc(Cl)c45)ncc23)C[C@@H]1CC#N. The van der Waals surface area contributed by atoms with Crippen LogP contribution in [-0.2, 0) is 9.53 Å². The number of halogens is 3. The Labute approximate surface area is 287 Å². The summed E-state index contributed by atoms with van der Waals surface area (Å²) < 4.78 is 42.6. The van der Waals surface area contributed by atoms with Crippen LogP contribution < -0.4 is 9.64 Å². The molecule has 7 rings (SSSR count). The first-order chi connectivity index (χ1) is 23.8. The molecule has 3 saturated heterocycles. The second-order valence-electron chi connectivity index (χ2n) is 12.7. The van der Waals surface area contributed by atoms with E-state index in [0.29, 0.717) is 33.2 Å². The van der Waals surface area contributed by atoms with E-state index in [4.69, 9.17) is 26.1 Å². The maximum atomic E-state index is 16.8. The smallest absolute Gasteiger partial charge is 0.319 e. The van der Waals surface area contributed by atoms with Gasteiger partial charge in [0.15, 0.2) is 11.6 Å². The fourth-order valence-electron chi connectivity index (χ4n) is 7.30. The number of fused-ring (bicyclic) bond motifs is 2. The molecule has 49 heavy (non-hydrogen) atoms. The normalized spacial score (nSPS) is 19.7. The molecule has 4 aromatic rings. The lowest BCUT2D eigenvalue weighted by Crippen LogP contribution is -2.55. The zero-order valence-corrected chi connectivity index (χ0v) is 27.7. The average molecular weight is 688 g/mol. The van der Waals surface area contributed by atoms with E-state index in [9.17, 15) is 14.4 Å². The number of aromatic nitrogens is 3. The van der Waals surface area contributed by atoms with Crippen molar-refractivity contribution < 1.29 is 23.0 Å². The molecule has 3 aliphatic rings. The van der Waals surface area contributed by atoms with Gasteiger partial charge in [0.2, 0.25) is 0 Å². The number of ether oxygens (including phenoxy) is 2. The summed E-state index contributed by atoms with van der Waals surface area (Å²) in [6.07, 6.45) is 4.91. The minimum Gasteiger partial charge on any atom is -0.460 e. The minimum absolute atomic E-state index is 0.0289. The van der Waals surface area contributed by atoms with Crippen LogP contribution in [0.2, 0.25) is 5.02 Å². The largest absolute Gasteiger partial charge is 0.460 e. The number of rotatable bonds is 7. The quantitative estimate of drug-likeness (QED) is 0.214. The highest BCUT2D eigenvalue weighted by Gasteiger charge is 2.34. The molecule has 0 bridgehead atoms. The van der Waals surface area contributed by atoms with Gasteiger partial charge in [-0.15, -0.1) is 0 Å². The number of piperidine rings is 1. The summed E-state index contributed by atoms with van der Waals surface area (Å²) in [4.78, 5) is 32.2. The van der Waals surface area contributed by atoms with Crippen LogP contribution in [0.1, 0.15) is 32.1 Å². The number of anilines is 1. The van der Waals surface area contributed by atoms with Crippen LogP contribution in [-0.4, -0.2) is 94.8 Å². The lowest BCUT2D eigenvalue weighted by molar-refractivity contribution is -0.131. The van der Waals surface area contributed by atoms with Gasteiger partial charge in [-0.3, -0.25) is 14.7 Å². The summed E-state index contributed by atoms with van der Waals surface area (Å²) in [5, 5.41) is 11.9. The Hall–Kier alpha value is -4.44. The van der Waals surface area contributed by atoms with Gasteiger partial charge in [-0.2, -0.15) is 15.2 Å². The van der Waals surface area contributed by atoms with Crippen molar-refractivity contribution >= 4 is 45.0 Å². The van der Waals surface area contributed by atoms with Crippen molar-refractivity contribution in [1.82, 2.24) is 24.8 Å². The molecule has 0 radical (unpaired) electrons. The van der Waals surface area contributed by atoms with Crippen molar-refractivity contribution in [1.29, 1.82) is 5.26 Å². The number of carbonyl (C=O) groups excluding carboxylic acids is 1. The van der Waals surface area contributed by atoms with Crippen LogP contribution in [0.15, 0.2) is 55.0 Å². The topological polar surface area (TPSA) is 108 Å². The van der Waals surface area contributed by atoms with Gasteiger partial charge in [-0.25, -0.2) is 8.78 Å². The molecule has 254 valence electrons. The highest BCUT2D eigenvalue weighted by atomic mass is 35.5. The highest BCUT2D eigenvalue weighted by Crippen LogP contribution is 2.38. The van der Waals surface area contributed by atoms with Crippen LogP contribution in [0, 0.1) is 17.1 Å². The van der Waals surface area contributed by atoms with E-state index in [0.717, 1.165) is 57.4 Å². The molecule has 2 aromatic carbocycles. The fourth-order valence-corrected chi connectivity index (χ4v) is 7.59. The molecule has 3 aliphatic heterocycles. The maximum Gasteiger partial charge on any atom is 0.319 e. The van der Waals surface area contributed by atoms with E-state index in [-0.39, 0.29) is 49.4 Å². The molecule has 10 nitrogen and oxygen atoms in total. The highest BCUT2D eigenvalue weighted by molar-refractivity contribution is 6.36. The summed E-state index contributed by atoms with van der Waals surface area (Å²) in [6.45, 7) is 6.96. The third kappa shape index (κ3) is 6.63. The Morgan fingerprint density at radius 1 is 1.08 bits per heavy atom. The van der Waals surface area contributed by atoms with Crippen LogP contribution in [0.4, 0.5) is 14.6 Å². The van der Waals surface area contributed by atoms with Crippen molar-refractivity contribution in [2.24, 2.45) is 0 Å². The monoisotopic (exact) mass is 687 g/mol. The first-order valence-corrected chi connectivity index (χ1v) is 17.0. The Morgan fingerprint density at radius 2 is 1.84 bits per heavy atom. The number of nitrogens with zero attached hydrogens (tertiary/aromatic N) is 7. The third-order valence-corrected chi connectivity index (χ3v) is 10.1.